The Kier molecular flexibility index (Phi) is 60.3. The minimum Gasteiger partial charge on any atom is -0.462 e. The monoisotopic (exact) mass is 1040 g/mol. The van der Waals surface area contributed by atoms with Crippen LogP contribution in [0.5, 0.6) is 0 Å². The first-order valence-corrected chi connectivity index (χ1v) is 32.1. The number of rotatable bonds is 58. The van der Waals surface area contributed by atoms with Gasteiger partial charge in [0.15, 0.2) is 6.10 Å². The number of esters is 3. The van der Waals surface area contributed by atoms with Gasteiger partial charge in [-0.2, -0.15) is 0 Å². The number of hydrogen-bond acceptors (Lipinski definition) is 6. The van der Waals surface area contributed by atoms with E-state index in [0.717, 1.165) is 128 Å². The van der Waals surface area contributed by atoms with E-state index in [0.29, 0.717) is 12.8 Å². The Morgan fingerprint density at radius 3 is 0.880 bits per heavy atom. The van der Waals surface area contributed by atoms with E-state index < -0.39 is 6.10 Å². The lowest BCUT2D eigenvalue weighted by Crippen LogP contribution is -2.30. The van der Waals surface area contributed by atoms with Crippen LogP contribution >= 0.6 is 0 Å². The smallest absolute Gasteiger partial charge is 0.306 e. The molecule has 0 amide bonds. The lowest BCUT2D eigenvalue weighted by Gasteiger charge is -2.18. The van der Waals surface area contributed by atoms with E-state index in [-0.39, 0.29) is 37.5 Å². The SMILES string of the molecule is CC/C=C\C/C=C\C/C=C\C/C=C\C/C=C\CCCCCC(=O)OC(COC(=O)CCCCCCC/C=C\C/C=C\CCC)COC(=O)CCCCCCCCCCCCCCCCCCCCCCCCCCC. The van der Waals surface area contributed by atoms with Crippen LogP contribution in [0.4, 0.5) is 0 Å². The largest absolute Gasteiger partial charge is 0.462 e. The lowest BCUT2D eigenvalue weighted by molar-refractivity contribution is -0.167. The van der Waals surface area contributed by atoms with Crippen LogP contribution in [0.3, 0.4) is 0 Å². The number of carbonyl (C=O) groups excluding carboxylic acids is 3. The Hall–Kier alpha value is -3.41. The molecule has 0 aromatic heterocycles. The van der Waals surface area contributed by atoms with E-state index >= 15 is 0 Å². The van der Waals surface area contributed by atoms with E-state index in [9.17, 15) is 14.4 Å². The van der Waals surface area contributed by atoms with Crippen LogP contribution in [0.25, 0.3) is 0 Å². The molecule has 0 aromatic rings. The maximum absolute atomic E-state index is 12.9. The molecule has 0 aromatic carbocycles. The molecular weight excluding hydrogens is 925 g/mol. The van der Waals surface area contributed by atoms with E-state index in [1.54, 1.807) is 0 Å². The Labute approximate surface area is 465 Å². The first-order valence-electron chi connectivity index (χ1n) is 32.1. The van der Waals surface area contributed by atoms with Gasteiger partial charge in [-0.05, 0) is 89.9 Å². The van der Waals surface area contributed by atoms with Gasteiger partial charge in [0.25, 0.3) is 0 Å². The highest BCUT2D eigenvalue weighted by Crippen LogP contribution is 2.17. The van der Waals surface area contributed by atoms with Crippen molar-refractivity contribution in [3.05, 3.63) is 85.1 Å². The lowest BCUT2D eigenvalue weighted by atomic mass is 10.0. The normalized spacial score (nSPS) is 12.6. The summed E-state index contributed by atoms with van der Waals surface area (Å²) in [5.74, 6) is -0.928. The van der Waals surface area contributed by atoms with Gasteiger partial charge in [-0.25, -0.2) is 0 Å². The van der Waals surface area contributed by atoms with Crippen molar-refractivity contribution in [2.75, 3.05) is 13.2 Å². The number of carbonyl (C=O) groups is 3. The summed E-state index contributed by atoms with van der Waals surface area (Å²) in [5.41, 5.74) is 0. The van der Waals surface area contributed by atoms with Gasteiger partial charge in [-0.1, -0.05) is 292 Å². The maximum atomic E-state index is 12.9. The van der Waals surface area contributed by atoms with Crippen molar-refractivity contribution in [1.82, 2.24) is 0 Å². The fourth-order valence-corrected chi connectivity index (χ4v) is 9.10. The van der Waals surface area contributed by atoms with Crippen LogP contribution in [0.1, 0.15) is 316 Å². The number of ether oxygens (including phenoxy) is 3. The molecule has 0 rings (SSSR count). The highest BCUT2D eigenvalue weighted by Gasteiger charge is 2.19. The van der Waals surface area contributed by atoms with Gasteiger partial charge >= 0.3 is 17.9 Å². The number of allylic oxidation sites excluding steroid dienone is 14. The van der Waals surface area contributed by atoms with E-state index in [1.807, 2.05) is 0 Å². The van der Waals surface area contributed by atoms with Crippen LogP contribution in [0.15, 0.2) is 85.1 Å². The molecule has 6 nitrogen and oxygen atoms in total. The average molecular weight is 1050 g/mol. The Morgan fingerprint density at radius 1 is 0.280 bits per heavy atom. The molecule has 0 bridgehead atoms. The summed E-state index contributed by atoms with van der Waals surface area (Å²) < 4.78 is 16.9. The predicted molar refractivity (Wildman–Crippen MR) is 325 cm³/mol. The van der Waals surface area contributed by atoms with Gasteiger partial charge in [0, 0.05) is 19.3 Å². The van der Waals surface area contributed by atoms with Crippen LogP contribution in [-0.4, -0.2) is 37.2 Å². The van der Waals surface area contributed by atoms with Gasteiger partial charge in [-0.15, -0.1) is 0 Å². The quantitative estimate of drug-likeness (QED) is 0.0261. The van der Waals surface area contributed by atoms with E-state index in [1.165, 1.54) is 148 Å². The fourth-order valence-electron chi connectivity index (χ4n) is 9.10. The third-order valence-corrected chi connectivity index (χ3v) is 13.9. The first kappa shape index (κ1) is 71.6. The molecule has 0 saturated carbocycles. The van der Waals surface area contributed by atoms with Crippen molar-refractivity contribution in [2.24, 2.45) is 0 Å². The fraction of sp³-hybridized carbons (Fsp3) is 0.754. The molecule has 0 heterocycles. The van der Waals surface area contributed by atoms with E-state index in [4.69, 9.17) is 14.2 Å². The maximum Gasteiger partial charge on any atom is 0.306 e. The van der Waals surface area contributed by atoms with Crippen LogP contribution in [0, 0.1) is 0 Å². The summed E-state index contributed by atoms with van der Waals surface area (Å²) in [5, 5.41) is 0. The zero-order valence-corrected chi connectivity index (χ0v) is 49.6. The summed E-state index contributed by atoms with van der Waals surface area (Å²) in [6.07, 6.45) is 83.2. The molecule has 6 heteroatoms. The minimum absolute atomic E-state index is 0.0924. The predicted octanol–water partition coefficient (Wildman–Crippen LogP) is 21.9. The molecule has 0 aliphatic heterocycles. The third-order valence-electron chi connectivity index (χ3n) is 13.9. The van der Waals surface area contributed by atoms with Gasteiger partial charge in [-0.3, -0.25) is 14.4 Å². The topological polar surface area (TPSA) is 78.9 Å². The Morgan fingerprint density at radius 2 is 0.547 bits per heavy atom. The molecular formula is C69H120O6. The Balaban J connectivity index is 4.32. The molecule has 75 heavy (non-hydrogen) atoms. The van der Waals surface area contributed by atoms with Gasteiger partial charge < -0.3 is 14.2 Å². The molecule has 0 N–H and O–H groups in total. The van der Waals surface area contributed by atoms with Crippen LogP contribution in [0.2, 0.25) is 0 Å². The molecule has 0 aliphatic rings. The first-order chi connectivity index (χ1) is 37.0. The van der Waals surface area contributed by atoms with Crippen LogP contribution < -0.4 is 0 Å². The number of unbranched alkanes of at least 4 members (excludes halogenated alkanes) is 33. The molecule has 0 spiro atoms. The third kappa shape index (κ3) is 61.3. The second kappa shape index (κ2) is 63.1. The highest BCUT2D eigenvalue weighted by atomic mass is 16.6. The highest BCUT2D eigenvalue weighted by molar-refractivity contribution is 5.71. The van der Waals surface area contributed by atoms with Gasteiger partial charge in [0.1, 0.15) is 13.2 Å². The standard InChI is InChI=1S/C69H120O6/c1-4-7-10-13-16-19-22-25-27-29-31-32-33-34-35-36-38-39-41-44-47-50-53-56-59-62-68(71)74-65-66(64-73-67(70)61-58-55-52-49-46-43-24-21-18-15-12-9-6-3)75-69(72)63-60-57-54-51-48-45-42-40-37-30-28-26-23-20-17-14-11-8-5-2/h8,11-12,15,17,20-21,24,26,28,37,40,45,48,66H,4-7,9-10,13-14,16,18-19,22-23,25,27,29-36,38-39,41-44,46-47,49-65H2,1-3H3/b11-8-,15-12-,20-17-,24-21-,28-26-,40-37-,48-45-. The molecule has 0 fully saturated rings. The molecule has 0 radical (unpaired) electrons. The van der Waals surface area contributed by atoms with Crippen molar-refractivity contribution >= 4 is 17.9 Å². The molecule has 1 atom stereocenters. The van der Waals surface area contributed by atoms with E-state index in [2.05, 4.69) is 106 Å². The van der Waals surface area contributed by atoms with Gasteiger partial charge in [0.2, 0.25) is 0 Å². The van der Waals surface area contributed by atoms with Crippen molar-refractivity contribution < 1.29 is 28.6 Å². The summed E-state index contributed by atoms with van der Waals surface area (Å²) in [6, 6.07) is 0. The summed E-state index contributed by atoms with van der Waals surface area (Å²) >= 11 is 0. The van der Waals surface area contributed by atoms with Crippen molar-refractivity contribution in [3.63, 3.8) is 0 Å². The second-order valence-corrected chi connectivity index (χ2v) is 21.3. The Bertz CT molecular complexity index is 1430. The molecule has 1 unspecified atom stereocenters. The average Bonchev–Trinajstić information content (AvgIpc) is 3.41. The molecule has 0 aliphatic carbocycles. The molecule has 0 saturated heterocycles. The summed E-state index contributed by atoms with van der Waals surface area (Å²) in [6.45, 7) is 6.46. The van der Waals surface area contributed by atoms with Crippen molar-refractivity contribution in [3.8, 4) is 0 Å². The number of hydrogen-bond donors (Lipinski definition) is 0. The van der Waals surface area contributed by atoms with Crippen molar-refractivity contribution in [2.45, 2.75) is 322 Å². The van der Waals surface area contributed by atoms with Gasteiger partial charge in [0.05, 0.1) is 0 Å². The summed E-state index contributed by atoms with van der Waals surface area (Å²) in [4.78, 5) is 38.3. The summed E-state index contributed by atoms with van der Waals surface area (Å²) in [7, 11) is 0. The zero-order valence-electron chi connectivity index (χ0n) is 49.6. The second-order valence-electron chi connectivity index (χ2n) is 21.3. The molecule has 432 valence electrons. The van der Waals surface area contributed by atoms with Crippen molar-refractivity contribution in [1.29, 1.82) is 0 Å². The van der Waals surface area contributed by atoms with Crippen LogP contribution in [-0.2, 0) is 28.6 Å². The minimum atomic E-state index is -0.800. The zero-order chi connectivity index (χ0) is 54.3.